The van der Waals surface area contributed by atoms with Crippen LogP contribution in [0.25, 0.3) is 0 Å². The van der Waals surface area contributed by atoms with Crippen LogP contribution in [0.1, 0.15) is 30.9 Å². The highest BCUT2D eigenvalue weighted by Gasteiger charge is 2.37. The van der Waals surface area contributed by atoms with Crippen LogP contribution in [0.3, 0.4) is 0 Å². The number of hydrogen-bond acceptors (Lipinski definition) is 7. The number of nitrogens with zero attached hydrogens (tertiary/aromatic N) is 2. The Balaban J connectivity index is 2.10. The minimum atomic E-state index is -0.762. The monoisotopic (exact) mass is 417 g/mol. The second-order valence-electron chi connectivity index (χ2n) is 6.85. The minimum absolute atomic E-state index is 0.0484. The van der Waals surface area contributed by atoms with Crippen LogP contribution in [0.2, 0.25) is 0 Å². The van der Waals surface area contributed by atoms with Crippen molar-refractivity contribution in [2.45, 2.75) is 26.3 Å². The van der Waals surface area contributed by atoms with Gasteiger partial charge in [-0.1, -0.05) is 6.07 Å². The number of allylic oxidation sites excluding steroid dienone is 2. The highest BCUT2D eigenvalue weighted by molar-refractivity contribution is 7.99. The number of hydrogen-bond donors (Lipinski definition) is 1. The second-order valence-corrected chi connectivity index (χ2v) is 8.07. The molecule has 1 saturated heterocycles. The lowest BCUT2D eigenvalue weighted by atomic mass is 9.80. The van der Waals surface area contributed by atoms with Crippen molar-refractivity contribution in [1.29, 1.82) is 5.26 Å². The van der Waals surface area contributed by atoms with E-state index < -0.39 is 11.9 Å². The Hall–Kier alpha value is -2.50. The molecule has 0 amide bonds. The fourth-order valence-electron chi connectivity index (χ4n) is 3.66. The molecule has 1 unspecified atom stereocenters. The maximum Gasteiger partial charge on any atom is 0.338 e. The summed E-state index contributed by atoms with van der Waals surface area (Å²) in [4.78, 5) is 15.0. The molecule has 3 rings (SSSR count). The van der Waals surface area contributed by atoms with Crippen LogP contribution in [-0.2, 0) is 20.8 Å². The van der Waals surface area contributed by atoms with E-state index in [1.54, 1.807) is 19.9 Å². The first-order chi connectivity index (χ1) is 14.0. The van der Waals surface area contributed by atoms with Gasteiger partial charge in [0.2, 0.25) is 5.88 Å². The summed E-state index contributed by atoms with van der Waals surface area (Å²) >= 11 is 1.89. The lowest BCUT2D eigenvalue weighted by Crippen LogP contribution is -2.33. The predicted molar refractivity (Wildman–Crippen MR) is 109 cm³/mol. The summed E-state index contributed by atoms with van der Waals surface area (Å²) in [5, 5.41) is 9.75. The summed E-state index contributed by atoms with van der Waals surface area (Å²) in [6, 6.07) is 6.50. The SMILES string of the molecule is CCOC(=O)C1=C(C)OC(N)=C(C#N)C1c1ccc(F)cc1CN1CCSCC1. The van der Waals surface area contributed by atoms with Crippen molar-refractivity contribution >= 4 is 17.7 Å². The van der Waals surface area contributed by atoms with Gasteiger partial charge in [0.15, 0.2) is 0 Å². The maximum absolute atomic E-state index is 14.1. The van der Waals surface area contributed by atoms with Crippen molar-refractivity contribution < 1.29 is 18.7 Å². The van der Waals surface area contributed by atoms with E-state index in [2.05, 4.69) is 11.0 Å². The van der Waals surface area contributed by atoms with E-state index in [0.29, 0.717) is 12.1 Å². The molecule has 29 heavy (non-hydrogen) atoms. The largest absolute Gasteiger partial charge is 0.463 e. The number of carbonyl (C=O) groups excluding carboxylic acids is 1. The molecule has 0 aromatic heterocycles. The first kappa shape index (κ1) is 21.2. The molecule has 1 aromatic rings. The minimum Gasteiger partial charge on any atom is -0.463 e. The fraction of sp³-hybridized carbons (Fsp3) is 0.429. The number of esters is 1. The van der Waals surface area contributed by atoms with Crippen LogP contribution in [0.4, 0.5) is 4.39 Å². The Morgan fingerprint density at radius 1 is 1.45 bits per heavy atom. The second kappa shape index (κ2) is 9.33. The normalized spacial score (nSPS) is 20.3. The quantitative estimate of drug-likeness (QED) is 0.737. The van der Waals surface area contributed by atoms with Crippen molar-refractivity contribution in [3.05, 3.63) is 57.9 Å². The van der Waals surface area contributed by atoms with Crippen molar-refractivity contribution in [2.24, 2.45) is 5.73 Å². The summed E-state index contributed by atoms with van der Waals surface area (Å²) in [5.41, 5.74) is 7.70. The van der Waals surface area contributed by atoms with Gasteiger partial charge >= 0.3 is 5.97 Å². The van der Waals surface area contributed by atoms with Crippen LogP contribution >= 0.6 is 11.8 Å². The molecule has 1 aromatic carbocycles. The average Bonchev–Trinajstić information content (AvgIpc) is 2.68. The number of benzene rings is 1. The molecule has 8 heteroatoms. The highest BCUT2D eigenvalue weighted by atomic mass is 32.2. The topological polar surface area (TPSA) is 88.6 Å². The molecule has 1 fully saturated rings. The van der Waals surface area contributed by atoms with Gasteiger partial charge in [-0.3, -0.25) is 4.90 Å². The van der Waals surface area contributed by atoms with Gasteiger partial charge in [0, 0.05) is 31.1 Å². The van der Waals surface area contributed by atoms with Crippen molar-refractivity contribution in [2.75, 3.05) is 31.2 Å². The molecular formula is C21H24FN3O3S. The number of thioether (sulfide) groups is 1. The lowest BCUT2D eigenvalue weighted by Gasteiger charge is -2.31. The Bertz CT molecular complexity index is 901. The summed E-state index contributed by atoms with van der Waals surface area (Å²) < 4.78 is 24.8. The Morgan fingerprint density at radius 2 is 2.17 bits per heavy atom. The molecule has 0 saturated carbocycles. The van der Waals surface area contributed by atoms with Gasteiger partial charge in [-0.25, -0.2) is 9.18 Å². The van der Waals surface area contributed by atoms with Crippen LogP contribution in [0, 0.1) is 17.1 Å². The van der Waals surface area contributed by atoms with E-state index >= 15 is 0 Å². The predicted octanol–water partition coefficient (Wildman–Crippen LogP) is 3.02. The third kappa shape index (κ3) is 4.57. The number of halogens is 1. The highest BCUT2D eigenvalue weighted by Crippen LogP contribution is 2.41. The van der Waals surface area contributed by atoms with E-state index in [1.165, 1.54) is 12.1 Å². The van der Waals surface area contributed by atoms with Gasteiger partial charge in [-0.05, 0) is 37.1 Å². The van der Waals surface area contributed by atoms with Crippen LogP contribution < -0.4 is 5.73 Å². The summed E-state index contributed by atoms with van der Waals surface area (Å²) in [6.45, 7) is 5.84. The van der Waals surface area contributed by atoms with E-state index in [9.17, 15) is 14.4 Å². The molecule has 0 bridgehead atoms. The van der Waals surface area contributed by atoms with Gasteiger partial charge in [-0.15, -0.1) is 0 Å². The number of nitriles is 1. The average molecular weight is 418 g/mol. The number of ether oxygens (including phenoxy) is 2. The number of carbonyl (C=O) groups is 1. The van der Waals surface area contributed by atoms with E-state index in [1.807, 2.05) is 11.8 Å². The molecule has 0 spiro atoms. The Kier molecular flexibility index (Phi) is 6.83. The molecule has 6 nitrogen and oxygen atoms in total. The molecular weight excluding hydrogens is 393 g/mol. The van der Waals surface area contributed by atoms with Gasteiger partial charge in [0.05, 0.1) is 18.1 Å². The Labute approximate surface area is 174 Å². The van der Waals surface area contributed by atoms with Gasteiger partial charge in [0.25, 0.3) is 0 Å². The van der Waals surface area contributed by atoms with E-state index in [-0.39, 0.29) is 35.2 Å². The number of nitrogens with two attached hydrogens (primary N) is 1. The Morgan fingerprint density at radius 3 is 2.83 bits per heavy atom. The van der Waals surface area contributed by atoms with Gasteiger partial charge in [0.1, 0.15) is 23.2 Å². The smallest absolute Gasteiger partial charge is 0.338 e. The van der Waals surface area contributed by atoms with Crippen LogP contribution in [-0.4, -0.2) is 42.1 Å². The molecule has 0 radical (unpaired) electrons. The van der Waals surface area contributed by atoms with Crippen LogP contribution in [0.15, 0.2) is 41.0 Å². The van der Waals surface area contributed by atoms with Crippen molar-refractivity contribution in [1.82, 2.24) is 4.90 Å². The van der Waals surface area contributed by atoms with Crippen molar-refractivity contribution in [3.8, 4) is 6.07 Å². The molecule has 1 atom stereocenters. The third-order valence-electron chi connectivity index (χ3n) is 5.01. The maximum atomic E-state index is 14.1. The van der Waals surface area contributed by atoms with Gasteiger partial charge in [-0.2, -0.15) is 17.0 Å². The molecule has 2 aliphatic rings. The number of rotatable bonds is 5. The summed E-state index contributed by atoms with van der Waals surface area (Å²) in [5.74, 6) is 0.581. The lowest BCUT2D eigenvalue weighted by molar-refractivity contribution is -0.139. The molecule has 0 aliphatic carbocycles. The third-order valence-corrected chi connectivity index (χ3v) is 5.96. The fourth-order valence-corrected chi connectivity index (χ4v) is 4.64. The van der Waals surface area contributed by atoms with E-state index in [0.717, 1.165) is 30.2 Å². The molecule has 2 N–H and O–H groups in total. The zero-order valence-corrected chi connectivity index (χ0v) is 17.4. The first-order valence-electron chi connectivity index (χ1n) is 9.50. The summed E-state index contributed by atoms with van der Waals surface area (Å²) in [6.07, 6.45) is 0. The zero-order chi connectivity index (χ0) is 21.0. The van der Waals surface area contributed by atoms with Gasteiger partial charge < -0.3 is 15.2 Å². The zero-order valence-electron chi connectivity index (χ0n) is 16.5. The van der Waals surface area contributed by atoms with E-state index in [4.69, 9.17) is 15.2 Å². The standard InChI is InChI=1S/C21H24FN3O3S/c1-3-27-21(26)18-13(2)28-20(24)17(11-23)19(18)16-5-4-15(22)10-14(16)12-25-6-8-29-9-7-25/h4-5,10,19H,3,6-9,12,24H2,1-2H3. The summed E-state index contributed by atoms with van der Waals surface area (Å²) in [7, 11) is 0. The first-order valence-corrected chi connectivity index (χ1v) is 10.7. The van der Waals surface area contributed by atoms with Crippen LogP contribution in [0.5, 0.6) is 0 Å². The molecule has 2 heterocycles. The molecule has 154 valence electrons. The molecule has 2 aliphatic heterocycles. The van der Waals surface area contributed by atoms with Crippen molar-refractivity contribution in [3.63, 3.8) is 0 Å².